The second-order valence-corrected chi connectivity index (χ2v) is 7.07. The van der Waals surface area contributed by atoms with Gasteiger partial charge in [0.1, 0.15) is 0 Å². The van der Waals surface area contributed by atoms with E-state index < -0.39 is 6.10 Å². The van der Waals surface area contributed by atoms with Gasteiger partial charge in [0.15, 0.2) is 12.4 Å². The van der Waals surface area contributed by atoms with Crippen molar-refractivity contribution in [3.8, 4) is 0 Å². The van der Waals surface area contributed by atoms with E-state index in [-0.39, 0.29) is 5.54 Å². The molecule has 102 valence electrons. The maximum atomic E-state index is 11.1. The Morgan fingerprint density at radius 1 is 1.53 bits per heavy atom. The van der Waals surface area contributed by atoms with Crippen molar-refractivity contribution in [2.45, 2.75) is 25.5 Å². The number of thioether (sulfide) groups is 1. The third-order valence-corrected chi connectivity index (χ3v) is 4.72. The van der Waals surface area contributed by atoms with Gasteiger partial charge in [-0.25, -0.2) is 4.99 Å². The number of hydrogen-bond acceptors (Lipinski definition) is 4. The molecular formula is C14H16INO2S. The van der Waals surface area contributed by atoms with Crippen LogP contribution < -0.4 is 0 Å². The zero-order chi connectivity index (χ0) is 14.0. The molecule has 1 aromatic rings. The van der Waals surface area contributed by atoms with Crippen molar-refractivity contribution < 1.29 is 9.53 Å². The Kier molecular flexibility index (Phi) is 4.55. The molecule has 3 nitrogen and oxygen atoms in total. The van der Waals surface area contributed by atoms with E-state index in [1.165, 1.54) is 0 Å². The van der Waals surface area contributed by atoms with Crippen LogP contribution in [0.3, 0.4) is 0 Å². The highest BCUT2D eigenvalue weighted by atomic mass is 127. The number of ether oxygens (including phenoxy) is 1. The molecule has 0 saturated heterocycles. The first kappa shape index (κ1) is 14.8. The van der Waals surface area contributed by atoms with Crippen molar-refractivity contribution in [1.29, 1.82) is 0 Å². The highest BCUT2D eigenvalue weighted by Crippen LogP contribution is 2.34. The van der Waals surface area contributed by atoms with Crippen molar-refractivity contribution >= 4 is 46.5 Å². The fourth-order valence-electron chi connectivity index (χ4n) is 2.09. The number of benzene rings is 1. The summed E-state index contributed by atoms with van der Waals surface area (Å²) in [6, 6.07) is 5.88. The van der Waals surface area contributed by atoms with E-state index in [9.17, 15) is 4.79 Å². The maximum absolute atomic E-state index is 11.1. The molecule has 0 aliphatic carbocycles. The Hall–Kier alpha value is -0.560. The van der Waals surface area contributed by atoms with E-state index in [4.69, 9.17) is 9.73 Å². The maximum Gasteiger partial charge on any atom is 0.219 e. The minimum absolute atomic E-state index is 0.206. The number of carbonyl (C=O) groups is 1. The molecule has 0 saturated carbocycles. The van der Waals surface area contributed by atoms with Crippen LogP contribution in [0, 0.1) is 3.57 Å². The van der Waals surface area contributed by atoms with Crippen LogP contribution >= 0.6 is 34.4 Å². The highest BCUT2D eigenvalue weighted by molar-refractivity contribution is 14.1. The van der Waals surface area contributed by atoms with Gasteiger partial charge in [0.25, 0.3) is 0 Å². The van der Waals surface area contributed by atoms with Crippen molar-refractivity contribution in [3.63, 3.8) is 0 Å². The Morgan fingerprint density at radius 3 is 2.89 bits per heavy atom. The molecule has 1 atom stereocenters. The molecule has 0 amide bonds. The molecule has 1 heterocycles. The van der Waals surface area contributed by atoms with Crippen molar-refractivity contribution in [1.82, 2.24) is 0 Å². The van der Waals surface area contributed by atoms with Gasteiger partial charge in [0.05, 0.1) is 11.1 Å². The monoisotopic (exact) mass is 389 g/mol. The molecule has 0 fully saturated rings. The Balaban J connectivity index is 2.47. The molecule has 0 aromatic heterocycles. The van der Waals surface area contributed by atoms with Crippen molar-refractivity contribution in [2.75, 3.05) is 12.0 Å². The molecule has 2 rings (SSSR count). The van der Waals surface area contributed by atoms with E-state index >= 15 is 0 Å². The zero-order valence-electron chi connectivity index (χ0n) is 11.1. The normalized spacial score (nSPS) is 20.2. The molecule has 1 unspecified atom stereocenters. The third-order valence-electron chi connectivity index (χ3n) is 2.83. The van der Waals surface area contributed by atoms with Crippen LogP contribution in [0.4, 0.5) is 0 Å². The fourth-order valence-corrected chi connectivity index (χ4v) is 3.61. The number of fused-ring (bicyclic) bond motifs is 1. The molecule has 0 radical (unpaired) electrons. The van der Waals surface area contributed by atoms with Crippen molar-refractivity contribution in [2.24, 2.45) is 4.99 Å². The van der Waals surface area contributed by atoms with Gasteiger partial charge in [-0.2, -0.15) is 11.8 Å². The van der Waals surface area contributed by atoms with Crippen molar-refractivity contribution in [3.05, 3.63) is 32.9 Å². The predicted octanol–water partition coefficient (Wildman–Crippen LogP) is 3.45. The minimum atomic E-state index is -0.520. The number of halogens is 1. The average molecular weight is 389 g/mol. The standard InChI is InChI=1S/C14H16INO2S/c1-14(2,8-19-3)16-13-12-9(11(7-17)18-13)5-4-6-10(12)15/h4-7,11H,8H2,1-3H3. The molecule has 1 aliphatic rings. The second kappa shape index (κ2) is 5.83. The molecule has 0 N–H and O–H groups in total. The third kappa shape index (κ3) is 3.13. The molecule has 5 heteroatoms. The Labute approximate surface area is 131 Å². The second-order valence-electron chi connectivity index (χ2n) is 5.04. The summed E-state index contributed by atoms with van der Waals surface area (Å²) in [4.78, 5) is 15.8. The lowest BCUT2D eigenvalue weighted by Crippen LogP contribution is -2.23. The van der Waals surface area contributed by atoms with E-state index in [2.05, 4.69) is 42.7 Å². The summed E-state index contributed by atoms with van der Waals surface area (Å²) in [5.74, 6) is 1.50. The summed E-state index contributed by atoms with van der Waals surface area (Å²) in [6.07, 6.45) is 2.37. The van der Waals surface area contributed by atoms with Crippen LogP contribution in [-0.4, -0.2) is 29.7 Å². The number of carbonyl (C=O) groups excluding carboxylic acids is 1. The molecule has 0 bridgehead atoms. The first-order valence-corrected chi connectivity index (χ1v) is 8.45. The van der Waals surface area contributed by atoms with Crippen LogP contribution in [0.25, 0.3) is 0 Å². The van der Waals surface area contributed by atoms with E-state index in [1.807, 2.05) is 18.2 Å². The van der Waals surface area contributed by atoms with E-state index in [1.54, 1.807) is 11.8 Å². The quantitative estimate of drug-likeness (QED) is 0.585. The van der Waals surface area contributed by atoms with Gasteiger partial charge in [0.2, 0.25) is 5.90 Å². The predicted molar refractivity (Wildman–Crippen MR) is 88.0 cm³/mol. The van der Waals surface area contributed by atoms with Gasteiger partial charge in [-0.1, -0.05) is 12.1 Å². The average Bonchev–Trinajstić information content (AvgIpc) is 2.68. The lowest BCUT2D eigenvalue weighted by molar-refractivity contribution is -0.114. The van der Waals surface area contributed by atoms with Gasteiger partial charge in [-0.3, -0.25) is 4.79 Å². The summed E-state index contributed by atoms with van der Waals surface area (Å²) in [7, 11) is 0. The summed E-state index contributed by atoms with van der Waals surface area (Å²) in [5.41, 5.74) is 1.68. The smallest absolute Gasteiger partial charge is 0.219 e. The number of rotatable bonds is 4. The fraction of sp³-hybridized carbons (Fsp3) is 0.429. The molecule has 1 aliphatic heterocycles. The number of hydrogen-bond donors (Lipinski definition) is 0. The van der Waals surface area contributed by atoms with Gasteiger partial charge < -0.3 is 4.74 Å². The van der Waals surface area contributed by atoms with Crippen LogP contribution in [0.1, 0.15) is 31.1 Å². The molecule has 0 spiro atoms. The van der Waals surface area contributed by atoms with Crippen LogP contribution in [0.15, 0.2) is 23.2 Å². The molecule has 19 heavy (non-hydrogen) atoms. The van der Waals surface area contributed by atoms with E-state index in [0.29, 0.717) is 5.90 Å². The molecular weight excluding hydrogens is 373 g/mol. The van der Waals surface area contributed by atoms with Gasteiger partial charge >= 0.3 is 0 Å². The Morgan fingerprint density at radius 2 is 2.26 bits per heavy atom. The number of aliphatic imine (C=N–C) groups is 1. The summed E-state index contributed by atoms with van der Waals surface area (Å²) >= 11 is 4.01. The summed E-state index contributed by atoms with van der Waals surface area (Å²) < 4.78 is 6.78. The number of nitrogens with zero attached hydrogens (tertiary/aromatic N) is 1. The van der Waals surface area contributed by atoms with Crippen LogP contribution in [-0.2, 0) is 9.53 Å². The minimum Gasteiger partial charge on any atom is -0.461 e. The SMILES string of the molecule is CSCC(C)(C)N=C1OC(C=O)c2cccc(I)c21. The lowest BCUT2D eigenvalue weighted by atomic mass is 10.1. The Bertz CT molecular complexity index is 528. The largest absolute Gasteiger partial charge is 0.461 e. The zero-order valence-corrected chi connectivity index (χ0v) is 14.1. The van der Waals surface area contributed by atoms with Crippen LogP contribution in [0.2, 0.25) is 0 Å². The van der Waals surface area contributed by atoms with Gasteiger partial charge in [0, 0.05) is 14.9 Å². The number of aldehydes is 1. The van der Waals surface area contributed by atoms with Gasteiger partial charge in [-0.05, 0) is 48.8 Å². The van der Waals surface area contributed by atoms with Crippen LogP contribution in [0.5, 0.6) is 0 Å². The first-order chi connectivity index (χ1) is 8.98. The topological polar surface area (TPSA) is 38.7 Å². The summed E-state index contributed by atoms with van der Waals surface area (Å²) in [6.45, 7) is 4.15. The van der Waals surface area contributed by atoms with E-state index in [0.717, 1.165) is 26.7 Å². The molecule has 1 aromatic carbocycles. The lowest BCUT2D eigenvalue weighted by Gasteiger charge is -2.19. The first-order valence-electron chi connectivity index (χ1n) is 5.98. The van der Waals surface area contributed by atoms with Gasteiger partial charge in [-0.15, -0.1) is 0 Å². The summed E-state index contributed by atoms with van der Waals surface area (Å²) in [5, 5.41) is 0. The highest BCUT2D eigenvalue weighted by Gasteiger charge is 2.32.